The maximum atomic E-state index is 5.00. The minimum Gasteiger partial charge on any atom is -0.385 e. The summed E-state index contributed by atoms with van der Waals surface area (Å²) in [5.41, 5.74) is 0. The Hall–Kier alpha value is -0.220. The number of hydrogen-bond donors (Lipinski definition) is 1. The minimum atomic E-state index is 0.738. The summed E-state index contributed by atoms with van der Waals surface area (Å²) in [6.45, 7) is 5.16. The summed E-state index contributed by atoms with van der Waals surface area (Å²) in [5, 5.41) is 4.53. The second kappa shape index (κ2) is 7.99. The highest BCUT2D eigenvalue weighted by Gasteiger charge is 2.10. The highest BCUT2D eigenvalue weighted by Crippen LogP contribution is 2.15. The molecule has 1 atom stereocenters. The van der Waals surface area contributed by atoms with Crippen molar-refractivity contribution in [2.75, 3.05) is 32.6 Å². The van der Waals surface area contributed by atoms with E-state index in [9.17, 15) is 0 Å². The van der Waals surface area contributed by atoms with Crippen molar-refractivity contribution in [2.24, 2.45) is 10.9 Å². The normalized spacial score (nSPS) is 21.2. The number of unbranched alkanes of at least 4 members (excludes halogenated alkanes) is 2. The van der Waals surface area contributed by atoms with E-state index in [4.69, 9.17) is 4.74 Å². The monoisotopic (exact) mass is 230 g/mol. The van der Waals surface area contributed by atoms with Gasteiger partial charge in [-0.15, -0.1) is 0 Å². The Labute approximate surface area is 97.1 Å². The van der Waals surface area contributed by atoms with Gasteiger partial charge >= 0.3 is 0 Å². The van der Waals surface area contributed by atoms with Crippen molar-refractivity contribution in [3.63, 3.8) is 0 Å². The third kappa shape index (κ3) is 6.05. The Bertz CT molecular complexity index is 197. The maximum absolute atomic E-state index is 5.00. The summed E-state index contributed by atoms with van der Waals surface area (Å²) >= 11 is 1.85. The fraction of sp³-hybridized carbons (Fsp3) is 0.909. The van der Waals surface area contributed by atoms with Gasteiger partial charge in [0.25, 0.3) is 0 Å². The Balaban J connectivity index is 1.96. The molecule has 0 aromatic rings. The quantitative estimate of drug-likeness (QED) is 0.710. The summed E-state index contributed by atoms with van der Waals surface area (Å²) in [6.07, 6.45) is 3.60. The zero-order valence-corrected chi connectivity index (χ0v) is 10.6. The first-order chi connectivity index (χ1) is 7.33. The number of hydrogen-bond acceptors (Lipinski definition) is 4. The molecule has 3 nitrogen and oxygen atoms in total. The summed E-state index contributed by atoms with van der Waals surface area (Å²) in [5.74, 6) is 1.94. The fourth-order valence-corrected chi connectivity index (χ4v) is 2.33. The summed E-state index contributed by atoms with van der Waals surface area (Å²) < 4.78 is 5.00. The topological polar surface area (TPSA) is 33.6 Å². The third-order valence-electron chi connectivity index (χ3n) is 2.35. The Kier molecular flexibility index (Phi) is 6.85. The lowest BCUT2D eigenvalue weighted by molar-refractivity contribution is 0.192. The molecule has 1 N–H and O–H groups in total. The molecule has 0 fully saturated rings. The van der Waals surface area contributed by atoms with Crippen LogP contribution in [-0.4, -0.2) is 37.7 Å². The average molecular weight is 230 g/mol. The lowest BCUT2D eigenvalue weighted by atomic mass is 10.2. The largest absolute Gasteiger partial charge is 0.385 e. The lowest BCUT2D eigenvalue weighted by Crippen LogP contribution is -2.26. The van der Waals surface area contributed by atoms with E-state index >= 15 is 0 Å². The van der Waals surface area contributed by atoms with Gasteiger partial charge in [-0.05, 0) is 25.2 Å². The second-order valence-electron chi connectivity index (χ2n) is 4.04. The molecule has 0 spiro atoms. The molecule has 0 saturated heterocycles. The first-order valence-electron chi connectivity index (χ1n) is 5.73. The number of methoxy groups -OCH3 is 1. The molecule has 1 rings (SSSR count). The van der Waals surface area contributed by atoms with Crippen LogP contribution in [0.25, 0.3) is 0 Å². The predicted molar refractivity (Wildman–Crippen MR) is 67.7 cm³/mol. The van der Waals surface area contributed by atoms with Gasteiger partial charge in [0.1, 0.15) is 0 Å². The van der Waals surface area contributed by atoms with Crippen molar-refractivity contribution in [3.8, 4) is 0 Å². The third-order valence-corrected chi connectivity index (χ3v) is 3.64. The first-order valence-corrected chi connectivity index (χ1v) is 6.71. The van der Waals surface area contributed by atoms with Gasteiger partial charge in [-0.25, -0.2) is 0 Å². The molecular formula is C11H22N2OS. The standard InChI is InChI=1S/C11H22N2OS/c1-10-8-13-11(15-9-10)12-6-4-3-5-7-14-2/h10H,3-9H2,1-2H3,(H,12,13). The molecular weight excluding hydrogens is 208 g/mol. The lowest BCUT2D eigenvalue weighted by Gasteiger charge is -2.17. The summed E-state index contributed by atoms with van der Waals surface area (Å²) in [4.78, 5) is 4.49. The molecule has 1 aliphatic rings. The van der Waals surface area contributed by atoms with Crippen LogP contribution in [0.5, 0.6) is 0 Å². The molecule has 4 heteroatoms. The molecule has 0 aromatic heterocycles. The predicted octanol–water partition coefficient (Wildman–Crippen LogP) is 2.13. The van der Waals surface area contributed by atoms with Crippen molar-refractivity contribution < 1.29 is 4.74 Å². The molecule has 0 amide bonds. The molecule has 0 bridgehead atoms. The highest BCUT2D eigenvalue weighted by atomic mass is 32.2. The van der Waals surface area contributed by atoms with Crippen LogP contribution in [0.2, 0.25) is 0 Å². The van der Waals surface area contributed by atoms with Crippen LogP contribution < -0.4 is 5.32 Å². The van der Waals surface area contributed by atoms with Gasteiger partial charge < -0.3 is 10.1 Å². The second-order valence-corrected chi connectivity index (χ2v) is 5.05. The molecule has 0 radical (unpaired) electrons. The van der Waals surface area contributed by atoms with Gasteiger partial charge in [0.2, 0.25) is 0 Å². The number of rotatable bonds is 6. The molecule has 0 aliphatic carbocycles. The highest BCUT2D eigenvalue weighted by molar-refractivity contribution is 8.13. The van der Waals surface area contributed by atoms with E-state index in [0.717, 1.165) is 37.2 Å². The van der Waals surface area contributed by atoms with E-state index in [2.05, 4.69) is 17.2 Å². The van der Waals surface area contributed by atoms with Crippen LogP contribution >= 0.6 is 11.8 Å². The number of thioether (sulfide) groups is 1. The van der Waals surface area contributed by atoms with Crippen LogP contribution in [0.3, 0.4) is 0 Å². The van der Waals surface area contributed by atoms with Gasteiger partial charge in [0.05, 0.1) is 0 Å². The Morgan fingerprint density at radius 3 is 3.00 bits per heavy atom. The van der Waals surface area contributed by atoms with Crippen LogP contribution in [0.1, 0.15) is 26.2 Å². The number of nitrogens with one attached hydrogen (secondary N) is 1. The van der Waals surface area contributed by atoms with E-state index in [-0.39, 0.29) is 0 Å². The van der Waals surface area contributed by atoms with Crippen molar-refractivity contribution in [1.29, 1.82) is 0 Å². The summed E-state index contributed by atoms with van der Waals surface area (Å²) in [7, 11) is 1.76. The van der Waals surface area contributed by atoms with Gasteiger partial charge in [0.15, 0.2) is 5.17 Å². The average Bonchev–Trinajstić information content (AvgIpc) is 2.26. The molecule has 0 saturated carbocycles. The molecule has 1 heterocycles. The molecule has 1 aliphatic heterocycles. The Morgan fingerprint density at radius 2 is 2.33 bits per heavy atom. The number of ether oxygens (including phenoxy) is 1. The van der Waals surface area contributed by atoms with E-state index < -0.39 is 0 Å². The van der Waals surface area contributed by atoms with Gasteiger partial charge in [-0.3, -0.25) is 4.99 Å². The fourth-order valence-electron chi connectivity index (χ4n) is 1.41. The zero-order valence-electron chi connectivity index (χ0n) is 9.79. The van der Waals surface area contributed by atoms with Gasteiger partial charge in [0, 0.05) is 32.6 Å². The zero-order chi connectivity index (χ0) is 10.9. The summed E-state index contributed by atoms with van der Waals surface area (Å²) in [6, 6.07) is 0. The Morgan fingerprint density at radius 1 is 1.47 bits per heavy atom. The molecule has 15 heavy (non-hydrogen) atoms. The van der Waals surface area contributed by atoms with Crippen LogP contribution in [0, 0.1) is 5.92 Å². The van der Waals surface area contributed by atoms with Gasteiger partial charge in [-0.1, -0.05) is 18.7 Å². The van der Waals surface area contributed by atoms with Crippen molar-refractivity contribution in [2.45, 2.75) is 26.2 Å². The maximum Gasteiger partial charge on any atom is 0.156 e. The number of aliphatic imine (C=N–C) groups is 1. The SMILES string of the molecule is COCCCCCNC1=NCC(C)CS1. The van der Waals surface area contributed by atoms with Crippen molar-refractivity contribution in [3.05, 3.63) is 0 Å². The smallest absolute Gasteiger partial charge is 0.156 e. The van der Waals surface area contributed by atoms with E-state index in [1.54, 1.807) is 7.11 Å². The van der Waals surface area contributed by atoms with E-state index in [1.807, 2.05) is 11.8 Å². The number of amidine groups is 1. The van der Waals surface area contributed by atoms with Crippen LogP contribution in [0.15, 0.2) is 4.99 Å². The molecule has 88 valence electrons. The molecule has 0 aromatic carbocycles. The van der Waals surface area contributed by atoms with E-state index in [0.29, 0.717) is 0 Å². The van der Waals surface area contributed by atoms with Crippen LogP contribution in [0.4, 0.5) is 0 Å². The molecule has 1 unspecified atom stereocenters. The number of nitrogens with zero attached hydrogens (tertiary/aromatic N) is 1. The first kappa shape index (κ1) is 12.8. The van der Waals surface area contributed by atoms with Crippen LogP contribution in [-0.2, 0) is 4.74 Å². The van der Waals surface area contributed by atoms with Gasteiger partial charge in [-0.2, -0.15) is 0 Å². The van der Waals surface area contributed by atoms with E-state index in [1.165, 1.54) is 18.6 Å². The van der Waals surface area contributed by atoms with Crippen molar-refractivity contribution >= 4 is 16.9 Å². The minimum absolute atomic E-state index is 0.738. The van der Waals surface area contributed by atoms with Crippen molar-refractivity contribution in [1.82, 2.24) is 5.32 Å².